The van der Waals surface area contributed by atoms with Gasteiger partial charge in [-0.15, -0.1) is 0 Å². The van der Waals surface area contributed by atoms with Gasteiger partial charge in [0.1, 0.15) is 0 Å². The first kappa shape index (κ1) is 13.7. The van der Waals surface area contributed by atoms with Crippen LogP contribution in [0.3, 0.4) is 0 Å². The van der Waals surface area contributed by atoms with Gasteiger partial charge < -0.3 is 5.11 Å². The van der Waals surface area contributed by atoms with Gasteiger partial charge in [-0.1, -0.05) is 18.5 Å². The molecule has 15 heavy (non-hydrogen) atoms. The average molecular weight is 229 g/mol. The summed E-state index contributed by atoms with van der Waals surface area (Å²) in [5.74, 6) is -0.679. The van der Waals surface area contributed by atoms with Crippen molar-refractivity contribution in [3.63, 3.8) is 0 Å². The molecular weight excluding hydrogens is 216 g/mol. The average Bonchev–Trinajstić information content (AvgIpc) is 2.17. The van der Waals surface area contributed by atoms with Crippen LogP contribution in [-0.4, -0.2) is 16.9 Å². The summed E-state index contributed by atoms with van der Waals surface area (Å²) in [5.41, 5.74) is 0.733. The van der Waals surface area contributed by atoms with Gasteiger partial charge in [0.15, 0.2) is 5.78 Å². The molecule has 0 atom stereocenters. The lowest BCUT2D eigenvalue weighted by Gasteiger charge is -1.95. The first-order valence-electron chi connectivity index (χ1n) is 4.45. The number of aliphatic carboxylic acids is 1. The first-order chi connectivity index (χ1) is 6.97. The Morgan fingerprint density at radius 3 is 2.00 bits per heavy atom. The number of halogens is 1. The van der Waals surface area contributed by atoms with Crippen molar-refractivity contribution in [3.8, 4) is 0 Å². The third kappa shape index (κ3) is 6.69. The molecule has 0 unspecified atom stereocenters. The Morgan fingerprint density at radius 2 is 1.67 bits per heavy atom. The van der Waals surface area contributed by atoms with Crippen LogP contribution >= 0.6 is 11.6 Å². The number of benzene rings is 1. The largest absolute Gasteiger partial charge is 0.481 e. The third-order valence-corrected chi connectivity index (χ3v) is 1.74. The van der Waals surface area contributed by atoms with Gasteiger partial charge in [0.05, 0.1) is 0 Å². The molecule has 1 rings (SSSR count). The van der Waals surface area contributed by atoms with E-state index >= 15 is 0 Å². The molecule has 0 spiro atoms. The normalized spacial score (nSPS) is 8.73. The minimum absolute atomic E-state index is 0.154. The zero-order valence-electron chi connectivity index (χ0n) is 8.66. The van der Waals surface area contributed by atoms with Crippen molar-refractivity contribution in [2.75, 3.05) is 0 Å². The van der Waals surface area contributed by atoms with E-state index in [-0.39, 0.29) is 5.78 Å². The molecule has 0 saturated carbocycles. The van der Waals surface area contributed by atoms with Crippen LogP contribution in [0.4, 0.5) is 0 Å². The van der Waals surface area contributed by atoms with Crippen molar-refractivity contribution in [1.82, 2.24) is 0 Å². The summed E-state index contributed by atoms with van der Waals surface area (Å²) in [4.78, 5) is 20.1. The van der Waals surface area contributed by atoms with Gasteiger partial charge in [-0.25, -0.2) is 0 Å². The molecule has 0 aliphatic heterocycles. The van der Waals surface area contributed by atoms with Crippen molar-refractivity contribution in [3.05, 3.63) is 34.9 Å². The molecule has 0 bridgehead atoms. The van der Waals surface area contributed by atoms with Crippen LogP contribution in [0, 0.1) is 0 Å². The smallest absolute Gasteiger partial charge is 0.300 e. The van der Waals surface area contributed by atoms with Gasteiger partial charge in [-0.3, -0.25) is 9.59 Å². The molecule has 0 saturated heterocycles. The second-order valence-electron chi connectivity index (χ2n) is 2.80. The molecular formula is C11H13ClO3. The van der Waals surface area contributed by atoms with E-state index < -0.39 is 5.97 Å². The number of Topliss-reactive ketones (excluding diaryl/α,β-unsaturated/α-hetero) is 1. The van der Waals surface area contributed by atoms with Crippen LogP contribution in [0.15, 0.2) is 24.3 Å². The Labute approximate surface area is 93.7 Å². The summed E-state index contributed by atoms with van der Waals surface area (Å²) < 4.78 is 0. The molecule has 0 aliphatic carbocycles. The summed E-state index contributed by atoms with van der Waals surface area (Å²) in [5, 5.41) is 8.08. The van der Waals surface area contributed by atoms with E-state index in [1.807, 2.05) is 6.92 Å². The van der Waals surface area contributed by atoms with Crippen molar-refractivity contribution < 1.29 is 14.7 Å². The Hall–Kier alpha value is -1.35. The number of carboxylic acids is 1. The van der Waals surface area contributed by atoms with Gasteiger partial charge >= 0.3 is 0 Å². The fraction of sp³-hybridized carbons (Fsp3) is 0.273. The van der Waals surface area contributed by atoms with Crippen LogP contribution in [-0.2, 0) is 4.79 Å². The highest BCUT2D eigenvalue weighted by Gasteiger charge is 2.00. The van der Waals surface area contributed by atoms with Gasteiger partial charge in [0.2, 0.25) is 0 Å². The minimum atomic E-state index is -0.833. The predicted molar refractivity (Wildman–Crippen MR) is 59.4 cm³/mol. The second kappa shape index (κ2) is 7.01. The molecule has 4 heteroatoms. The van der Waals surface area contributed by atoms with Crippen LogP contribution in [0.25, 0.3) is 0 Å². The highest BCUT2D eigenvalue weighted by Crippen LogP contribution is 2.10. The molecule has 82 valence electrons. The van der Waals surface area contributed by atoms with E-state index in [2.05, 4.69) is 0 Å². The van der Waals surface area contributed by atoms with Crippen molar-refractivity contribution >= 4 is 23.4 Å². The zero-order chi connectivity index (χ0) is 11.8. The molecule has 0 heterocycles. The van der Waals surface area contributed by atoms with Gasteiger partial charge in [-0.2, -0.15) is 0 Å². The minimum Gasteiger partial charge on any atom is -0.481 e. The molecule has 1 aromatic rings. The zero-order valence-corrected chi connectivity index (χ0v) is 9.41. The number of carbonyl (C=O) groups excluding carboxylic acids is 1. The Kier molecular flexibility index (Phi) is 6.38. The van der Waals surface area contributed by atoms with E-state index in [9.17, 15) is 4.79 Å². The molecule has 3 nitrogen and oxygen atoms in total. The van der Waals surface area contributed by atoms with Gasteiger partial charge in [0, 0.05) is 23.9 Å². The first-order valence-corrected chi connectivity index (χ1v) is 4.83. The number of carbonyl (C=O) groups is 2. The maximum atomic E-state index is 11.1. The standard InChI is InChI=1S/C9H9ClO.C2H4O2/c1-2-9(11)7-3-5-8(10)6-4-7;1-2(3)4/h3-6H,2H2,1H3;1H3,(H,3,4). The number of ketones is 1. The molecule has 1 aromatic carbocycles. The molecule has 0 fully saturated rings. The fourth-order valence-corrected chi connectivity index (χ4v) is 0.966. The number of hydrogen-bond donors (Lipinski definition) is 1. The van der Waals surface area contributed by atoms with Crippen LogP contribution < -0.4 is 0 Å². The van der Waals surface area contributed by atoms with Crippen LogP contribution in [0.2, 0.25) is 5.02 Å². The summed E-state index contributed by atoms with van der Waals surface area (Å²) >= 11 is 5.65. The molecule has 0 amide bonds. The monoisotopic (exact) mass is 228 g/mol. The fourth-order valence-electron chi connectivity index (χ4n) is 0.840. The second-order valence-corrected chi connectivity index (χ2v) is 3.24. The molecule has 1 N–H and O–H groups in total. The van der Waals surface area contributed by atoms with Gasteiger partial charge in [0.25, 0.3) is 5.97 Å². The Balaban J connectivity index is 0.000000423. The van der Waals surface area contributed by atoms with E-state index in [0.29, 0.717) is 11.4 Å². The van der Waals surface area contributed by atoms with E-state index in [4.69, 9.17) is 21.5 Å². The van der Waals surface area contributed by atoms with Crippen LogP contribution in [0.5, 0.6) is 0 Å². The van der Waals surface area contributed by atoms with Crippen molar-refractivity contribution in [1.29, 1.82) is 0 Å². The molecule has 0 radical (unpaired) electrons. The SMILES string of the molecule is CC(=O)O.CCC(=O)c1ccc(Cl)cc1. The highest BCUT2D eigenvalue weighted by atomic mass is 35.5. The molecule has 0 aliphatic rings. The van der Waals surface area contributed by atoms with Crippen LogP contribution in [0.1, 0.15) is 30.6 Å². The summed E-state index contributed by atoms with van der Waals surface area (Å²) in [6, 6.07) is 6.94. The number of hydrogen-bond acceptors (Lipinski definition) is 2. The quantitative estimate of drug-likeness (QED) is 0.792. The number of rotatable bonds is 2. The van der Waals surface area contributed by atoms with Crippen molar-refractivity contribution in [2.45, 2.75) is 20.3 Å². The van der Waals surface area contributed by atoms with E-state index in [1.165, 1.54) is 0 Å². The van der Waals surface area contributed by atoms with Gasteiger partial charge in [-0.05, 0) is 24.3 Å². The maximum Gasteiger partial charge on any atom is 0.300 e. The Bertz CT molecular complexity index is 326. The Morgan fingerprint density at radius 1 is 1.27 bits per heavy atom. The lowest BCUT2D eigenvalue weighted by atomic mass is 10.1. The predicted octanol–water partition coefficient (Wildman–Crippen LogP) is 3.02. The topological polar surface area (TPSA) is 54.4 Å². The maximum absolute atomic E-state index is 11.1. The lowest BCUT2D eigenvalue weighted by Crippen LogP contribution is -1.94. The summed E-state index contributed by atoms with van der Waals surface area (Å²) in [7, 11) is 0. The van der Waals surface area contributed by atoms with Crippen molar-refractivity contribution in [2.24, 2.45) is 0 Å². The van der Waals surface area contributed by atoms with E-state index in [0.717, 1.165) is 12.5 Å². The summed E-state index contributed by atoms with van der Waals surface area (Å²) in [6.07, 6.45) is 0.543. The highest BCUT2D eigenvalue weighted by molar-refractivity contribution is 6.30. The summed E-state index contributed by atoms with van der Waals surface area (Å²) in [6.45, 7) is 2.93. The number of carboxylic acid groups (broad SMARTS) is 1. The molecule has 0 aromatic heterocycles. The van der Waals surface area contributed by atoms with E-state index in [1.54, 1.807) is 24.3 Å². The lowest BCUT2D eigenvalue weighted by molar-refractivity contribution is -0.134. The third-order valence-electron chi connectivity index (χ3n) is 1.49.